The van der Waals surface area contributed by atoms with Gasteiger partial charge in [0.2, 0.25) is 11.9 Å². The SMILES string of the molecule is CCC(CO)Nc1nc(NCc2cccc(OC)c2)c2ncn(C(C)C)c2n1.CCC(CO)Nc1nc(NCc2cccc(OC)c2)c2ncn(C(C)C)c2n1.O=C([O-])C(=O)[O-].[Pt+2]. The quantitative estimate of drug-likeness (QED) is 0.0676. The number of fused-ring (bicyclic) bond motifs is 2. The van der Waals surface area contributed by atoms with Crippen molar-refractivity contribution < 1.29 is 60.6 Å². The van der Waals surface area contributed by atoms with Gasteiger partial charge in [0.25, 0.3) is 0 Å². The van der Waals surface area contributed by atoms with Gasteiger partial charge in [0.15, 0.2) is 34.0 Å². The molecule has 21 heteroatoms. The van der Waals surface area contributed by atoms with Crippen LogP contribution in [0.15, 0.2) is 61.2 Å². The Labute approximate surface area is 380 Å². The molecular weight excluding hydrogens is 996 g/mol. The van der Waals surface area contributed by atoms with Crippen molar-refractivity contribution in [3.05, 3.63) is 72.3 Å². The summed E-state index contributed by atoms with van der Waals surface area (Å²) in [5.41, 5.74) is 5.11. The Hall–Kier alpha value is -6.11. The van der Waals surface area contributed by atoms with Gasteiger partial charge in [-0.2, -0.15) is 19.9 Å². The summed E-state index contributed by atoms with van der Waals surface area (Å²) in [6.45, 7) is 13.6. The number of aliphatic hydroxyl groups excluding tert-OH is 2. The van der Waals surface area contributed by atoms with Gasteiger partial charge in [-0.1, -0.05) is 38.1 Å². The second-order valence-corrected chi connectivity index (χ2v) is 14.5. The van der Waals surface area contributed by atoms with Crippen LogP contribution < -0.4 is 41.0 Å². The Morgan fingerprint density at radius 2 is 1.05 bits per heavy atom. The fourth-order valence-electron chi connectivity index (χ4n) is 5.82. The maximum Gasteiger partial charge on any atom is 2.00 e. The van der Waals surface area contributed by atoms with Crippen LogP contribution in [0.25, 0.3) is 22.3 Å². The summed E-state index contributed by atoms with van der Waals surface area (Å²) in [5, 5.41) is 50.0. The van der Waals surface area contributed by atoms with Crippen LogP contribution in [0.4, 0.5) is 23.5 Å². The second kappa shape index (κ2) is 25.1. The van der Waals surface area contributed by atoms with Crippen molar-refractivity contribution in [2.45, 2.75) is 91.6 Å². The van der Waals surface area contributed by atoms with Crippen molar-refractivity contribution in [1.82, 2.24) is 39.0 Å². The summed E-state index contributed by atoms with van der Waals surface area (Å²) in [6.07, 6.45) is 5.11. The van der Waals surface area contributed by atoms with Crippen LogP contribution in [0, 0.1) is 0 Å². The minimum atomic E-state index is -2.19. The number of anilines is 4. The predicted octanol–water partition coefficient (Wildman–Crippen LogP) is 2.91. The molecule has 0 spiro atoms. The van der Waals surface area contributed by atoms with Crippen LogP contribution in [-0.4, -0.2) is 101 Å². The average Bonchev–Trinajstić information content (AvgIpc) is 3.92. The summed E-state index contributed by atoms with van der Waals surface area (Å²) >= 11 is 0. The molecule has 0 saturated carbocycles. The molecule has 0 radical (unpaired) electrons. The molecule has 0 aliphatic carbocycles. The number of rotatable bonds is 18. The minimum Gasteiger partial charge on any atom is -0.543 e. The summed E-state index contributed by atoms with van der Waals surface area (Å²) in [6, 6.07) is 16.0. The Balaban J connectivity index is 0.000000293. The third kappa shape index (κ3) is 14.5. The van der Waals surface area contributed by atoms with E-state index in [9.17, 15) is 10.2 Å². The molecule has 63 heavy (non-hydrogen) atoms. The Bertz CT molecular complexity index is 2200. The van der Waals surface area contributed by atoms with Crippen LogP contribution >= 0.6 is 0 Å². The number of aromatic nitrogens is 8. The minimum absolute atomic E-state index is 0. The standard InChI is InChI=1S/2C20H28N6O2.C2H2O4.Pt/c2*1-5-15(11-27)23-20-24-18(17-19(25-20)26(12-22-17)13(2)3)21-10-14-7-6-8-16(9-14)28-4;3-1(4)2(5)6;/h2*6-9,12-13,15,27H,5,10-11H2,1-4H3,(H2,21,23,24,25);(H,3,4)(H,5,6);/q;;;+2/p-2. The van der Waals surface area contributed by atoms with Crippen LogP contribution in [0.5, 0.6) is 11.5 Å². The number of nitrogens with one attached hydrogen (secondary N) is 4. The summed E-state index contributed by atoms with van der Waals surface area (Å²) in [5.74, 6) is -0.484. The van der Waals surface area contributed by atoms with Crippen LogP contribution in [0.3, 0.4) is 0 Å². The van der Waals surface area contributed by atoms with Crippen molar-refractivity contribution in [3.63, 3.8) is 0 Å². The normalized spacial score (nSPS) is 11.7. The predicted molar refractivity (Wildman–Crippen MR) is 232 cm³/mol. The van der Waals surface area contributed by atoms with Crippen molar-refractivity contribution >= 4 is 57.8 Å². The topological polar surface area (TPSA) is 274 Å². The number of methoxy groups -OCH3 is 2. The van der Waals surface area contributed by atoms with E-state index in [0.29, 0.717) is 36.6 Å². The monoisotopic (exact) mass is 1050 g/mol. The van der Waals surface area contributed by atoms with Gasteiger partial charge in [0, 0.05) is 25.2 Å². The molecule has 4 heterocycles. The zero-order valence-electron chi connectivity index (χ0n) is 36.6. The van der Waals surface area contributed by atoms with Gasteiger partial charge in [-0.05, 0) is 75.9 Å². The number of ether oxygens (including phenoxy) is 2. The molecule has 6 rings (SSSR count). The van der Waals surface area contributed by atoms with Gasteiger partial charge in [-0.3, -0.25) is 0 Å². The molecule has 2 atom stereocenters. The Morgan fingerprint density at radius 1 is 0.667 bits per heavy atom. The van der Waals surface area contributed by atoms with Gasteiger partial charge in [-0.15, -0.1) is 0 Å². The molecule has 0 amide bonds. The van der Waals surface area contributed by atoms with E-state index in [4.69, 9.17) is 29.3 Å². The van der Waals surface area contributed by atoms with E-state index in [-0.39, 0.29) is 58.4 Å². The van der Waals surface area contributed by atoms with E-state index in [0.717, 1.165) is 57.8 Å². The van der Waals surface area contributed by atoms with Gasteiger partial charge in [-0.25, -0.2) is 9.97 Å². The van der Waals surface area contributed by atoms with Crippen molar-refractivity contribution in [2.75, 3.05) is 48.7 Å². The van der Waals surface area contributed by atoms with Crippen LogP contribution in [0.1, 0.15) is 77.6 Å². The fraction of sp³-hybridized carbons (Fsp3) is 0.429. The first-order chi connectivity index (χ1) is 29.7. The molecule has 342 valence electrons. The molecule has 4 aromatic heterocycles. The molecule has 0 bridgehead atoms. The number of aliphatic hydroxyl groups is 2. The Kier molecular flexibility index (Phi) is 20.4. The summed E-state index contributed by atoms with van der Waals surface area (Å²) < 4.78 is 14.6. The molecule has 6 aromatic rings. The largest absolute Gasteiger partial charge is 2.00 e. The third-order valence-electron chi connectivity index (χ3n) is 9.40. The molecule has 0 saturated heterocycles. The van der Waals surface area contributed by atoms with Crippen molar-refractivity contribution in [3.8, 4) is 11.5 Å². The van der Waals surface area contributed by atoms with Crippen molar-refractivity contribution in [1.29, 1.82) is 0 Å². The molecular formula is C42H56N12O8Pt. The zero-order chi connectivity index (χ0) is 45.3. The molecule has 6 N–H and O–H groups in total. The molecule has 0 fully saturated rings. The molecule has 0 aliphatic rings. The van der Waals surface area contributed by atoms with E-state index in [1.165, 1.54) is 0 Å². The Morgan fingerprint density at radius 3 is 1.35 bits per heavy atom. The number of imidazole rings is 2. The number of carbonyl (C=O) groups is 2. The first-order valence-corrected chi connectivity index (χ1v) is 20.1. The van der Waals surface area contributed by atoms with E-state index in [1.54, 1.807) is 26.9 Å². The molecule has 2 aromatic carbocycles. The van der Waals surface area contributed by atoms with E-state index >= 15 is 0 Å². The number of hydrogen-bond donors (Lipinski definition) is 6. The number of aliphatic carboxylic acids is 2. The maximum absolute atomic E-state index is 9.51. The number of carboxylic acids is 2. The van der Waals surface area contributed by atoms with Crippen LogP contribution in [0.2, 0.25) is 0 Å². The number of carbonyl (C=O) groups excluding carboxylic acids is 2. The van der Waals surface area contributed by atoms with Crippen molar-refractivity contribution in [2.24, 2.45) is 0 Å². The number of carboxylic acid groups (broad SMARTS) is 2. The summed E-state index contributed by atoms with van der Waals surface area (Å²) in [4.78, 5) is 45.4. The van der Waals surface area contributed by atoms with Gasteiger partial charge >= 0.3 is 21.1 Å². The molecule has 20 nitrogen and oxygen atoms in total. The van der Waals surface area contributed by atoms with Gasteiger partial charge < -0.3 is 69.9 Å². The number of hydrogen-bond acceptors (Lipinski definition) is 18. The smallest absolute Gasteiger partial charge is 0.543 e. The molecule has 2 unspecified atom stereocenters. The first-order valence-electron chi connectivity index (χ1n) is 20.1. The average molecular weight is 1050 g/mol. The van der Waals surface area contributed by atoms with Crippen LogP contribution in [-0.2, 0) is 43.7 Å². The van der Waals surface area contributed by atoms with E-state index in [1.807, 2.05) is 71.5 Å². The third-order valence-corrected chi connectivity index (χ3v) is 9.40. The number of nitrogens with zero attached hydrogens (tertiary/aromatic N) is 8. The van der Waals surface area contributed by atoms with E-state index in [2.05, 4.69) is 78.9 Å². The van der Waals surface area contributed by atoms with Gasteiger partial charge in [0.1, 0.15) is 11.5 Å². The zero-order valence-corrected chi connectivity index (χ0v) is 38.8. The maximum atomic E-state index is 9.51. The molecule has 0 aliphatic heterocycles. The first kappa shape index (κ1) is 51.2. The second-order valence-electron chi connectivity index (χ2n) is 14.5. The van der Waals surface area contributed by atoms with Gasteiger partial charge in [0.05, 0.1) is 64.1 Å². The van der Waals surface area contributed by atoms with E-state index < -0.39 is 11.9 Å². The fourth-order valence-corrected chi connectivity index (χ4v) is 5.82. The number of benzene rings is 2. The summed E-state index contributed by atoms with van der Waals surface area (Å²) in [7, 11) is 3.31.